The van der Waals surface area contributed by atoms with Crippen LogP contribution >= 0.6 is 15.9 Å². The molecule has 4 nitrogen and oxygen atoms in total. The number of halogens is 1. The molecule has 0 aromatic heterocycles. The molecule has 94 valence electrons. The minimum Gasteiger partial charge on any atom is -0.463 e. The molecule has 18 heavy (non-hydrogen) atoms. The van der Waals surface area contributed by atoms with Crippen molar-refractivity contribution in [2.75, 3.05) is 6.61 Å². The third-order valence-corrected chi connectivity index (χ3v) is 2.90. The average molecular weight is 311 g/mol. The van der Waals surface area contributed by atoms with E-state index < -0.39 is 18.0 Å². The fraction of sp³-hybridized carbons (Fsp3) is 0.231. The summed E-state index contributed by atoms with van der Waals surface area (Å²) in [6.07, 6.45) is 2.60. The number of hydrogen-bond acceptors (Lipinski definition) is 4. The summed E-state index contributed by atoms with van der Waals surface area (Å²) in [5.41, 5.74) is 0.871. The molecule has 1 fully saturated rings. The molecule has 1 heterocycles. The van der Waals surface area contributed by atoms with Crippen LogP contribution in [0.2, 0.25) is 0 Å². The normalized spacial score (nSPS) is 18.9. The Bertz CT molecular complexity index is 496. The summed E-state index contributed by atoms with van der Waals surface area (Å²) in [6.45, 7) is 0.312. The highest BCUT2D eigenvalue weighted by Crippen LogP contribution is 2.14. The lowest BCUT2D eigenvalue weighted by Gasteiger charge is -2.04. The fourth-order valence-corrected chi connectivity index (χ4v) is 1.96. The maximum absolute atomic E-state index is 11.5. The second-order valence-corrected chi connectivity index (χ2v) is 4.69. The van der Waals surface area contributed by atoms with E-state index in [2.05, 4.69) is 15.9 Å². The molecule has 0 saturated carbocycles. The lowest BCUT2D eigenvalue weighted by Crippen LogP contribution is -2.21. The van der Waals surface area contributed by atoms with Crippen LogP contribution < -0.4 is 0 Å². The Hall–Kier alpha value is -1.62. The molecule has 0 aliphatic carbocycles. The third kappa shape index (κ3) is 3.43. The van der Waals surface area contributed by atoms with Gasteiger partial charge in [0.25, 0.3) is 0 Å². The first-order valence-corrected chi connectivity index (χ1v) is 6.25. The quantitative estimate of drug-likeness (QED) is 0.635. The summed E-state index contributed by atoms with van der Waals surface area (Å²) in [5.74, 6) is -1.02. The molecule has 0 radical (unpaired) electrons. The van der Waals surface area contributed by atoms with Crippen molar-refractivity contribution in [2.45, 2.75) is 12.5 Å². The van der Waals surface area contributed by atoms with E-state index in [1.807, 2.05) is 24.3 Å². The SMILES string of the molecule is O=C(/C=C/c1cccc(Br)c1)O[C@H]1CCOC1=O. The van der Waals surface area contributed by atoms with Gasteiger partial charge >= 0.3 is 11.9 Å². The van der Waals surface area contributed by atoms with Crippen LogP contribution in [0.5, 0.6) is 0 Å². The first kappa shape index (κ1) is 12.8. The van der Waals surface area contributed by atoms with Crippen molar-refractivity contribution in [1.82, 2.24) is 0 Å². The van der Waals surface area contributed by atoms with E-state index in [4.69, 9.17) is 9.47 Å². The van der Waals surface area contributed by atoms with Gasteiger partial charge in [0, 0.05) is 17.0 Å². The molecular weight excluding hydrogens is 300 g/mol. The highest BCUT2D eigenvalue weighted by atomic mass is 79.9. The Morgan fingerprint density at radius 3 is 3.00 bits per heavy atom. The predicted molar refractivity (Wildman–Crippen MR) is 68.6 cm³/mol. The molecule has 1 aliphatic heterocycles. The van der Waals surface area contributed by atoms with Gasteiger partial charge in [-0.3, -0.25) is 0 Å². The van der Waals surface area contributed by atoms with Crippen LogP contribution in [0.1, 0.15) is 12.0 Å². The molecule has 2 rings (SSSR count). The summed E-state index contributed by atoms with van der Waals surface area (Å²) in [6, 6.07) is 7.49. The smallest absolute Gasteiger partial charge is 0.347 e. The Morgan fingerprint density at radius 1 is 1.50 bits per heavy atom. The summed E-state index contributed by atoms with van der Waals surface area (Å²) in [7, 11) is 0. The first-order valence-electron chi connectivity index (χ1n) is 5.46. The van der Waals surface area contributed by atoms with Crippen molar-refractivity contribution in [1.29, 1.82) is 0 Å². The largest absolute Gasteiger partial charge is 0.463 e. The van der Waals surface area contributed by atoms with Crippen LogP contribution in [0.3, 0.4) is 0 Å². The van der Waals surface area contributed by atoms with E-state index in [1.54, 1.807) is 6.08 Å². The van der Waals surface area contributed by atoms with Crippen molar-refractivity contribution in [3.8, 4) is 0 Å². The summed E-state index contributed by atoms with van der Waals surface area (Å²) in [5, 5.41) is 0. The zero-order valence-electron chi connectivity index (χ0n) is 9.47. The highest BCUT2D eigenvalue weighted by molar-refractivity contribution is 9.10. The maximum Gasteiger partial charge on any atom is 0.347 e. The number of rotatable bonds is 3. The number of esters is 2. The number of benzene rings is 1. The number of cyclic esters (lactones) is 1. The van der Waals surface area contributed by atoms with Crippen LogP contribution in [-0.4, -0.2) is 24.6 Å². The number of ether oxygens (including phenoxy) is 2. The lowest BCUT2D eigenvalue weighted by molar-refractivity contribution is -0.156. The molecular formula is C13H11BrO4. The van der Waals surface area contributed by atoms with E-state index in [9.17, 15) is 9.59 Å². The van der Waals surface area contributed by atoms with Crippen LogP contribution in [-0.2, 0) is 19.1 Å². The predicted octanol–water partition coefficient (Wildman–Crippen LogP) is 2.32. The number of carbonyl (C=O) groups excluding carboxylic acids is 2. The van der Waals surface area contributed by atoms with Crippen LogP contribution in [0.15, 0.2) is 34.8 Å². The number of carbonyl (C=O) groups is 2. The lowest BCUT2D eigenvalue weighted by atomic mass is 10.2. The summed E-state index contributed by atoms with van der Waals surface area (Å²) in [4.78, 5) is 22.6. The molecule has 5 heteroatoms. The van der Waals surface area contributed by atoms with Gasteiger partial charge in [0.1, 0.15) is 0 Å². The van der Waals surface area contributed by atoms with Gasteiger partial charge < -0.3 is 9.47 Å². The van der Waals surface area contributed by atoms with Gasteiger partial charge in [0.05, 0.1) is 6.61 Å². The summed E-state index contributed by atoms with van der Waals surface area (Å²) >= 11 is 3.34. The monoisotopic (exact) mass is 310 g/mol. The average Bonchev–Trinajstić information content (AvgIpc) is 2.73. The van der Waals surface area contributed by atoms with E-state index >= 15 is 0 Å². The topological polar surface area (TPSA) is 52.6 Å². The van der Waals surface area contributed by atoms with Crippen LogP contribution in [0.4, 0.5) is 0 Å². The van der Waals surface area contributed by atoms with Crippen molar-refractivity contribution in [3.63, 3.8) is 0 Å². The second-order valence-electron chi connectivity index (χ2n) is 3.77. The van der Waals surface area contributed by atoms with Gasteiger partial charge in [-0.05, 0) is 23.8 Å². The van der Waals surface area contributed by atoms with Gasteiger partial charge in [-0.15, -0.1) is 0 Å². The van der Waals surface area contributed by atoms with E-state index in [0.717, 1.165) is 10.0 Å². The molecule has 0 N–H and O–H groups in total. The molecule has 0 unspecified atom stereocenters. The van der Waals surface area contributed by atoms with Gasteiger partial charge in [0.2, 0.25) is 6.10 Å². The molecule has 1 aliphatic rings. The van der Waals surface area contributed by atoms with Gasteiger partial charge in [-0.25, -0.2) is 9.59 Å². The number of hydrogen-bond donors (Lipinski definition) is 0. The van der Waals surface area contributed by atoms with Crippen molar-refractivity contribution >= 4 is 33.9 Å². The van der Waals surface area contributed by atoms with Crippen molar-refractivity contribution in [2.24, 2.45) is 0 Å². The zero-order chi connectivity index (χ0) is 13.0. The zero-order valence-corrected chi connectivity index (χ0v) is 11.1. The van der Waals surface area contributed by atoms with Crippen LogP contribution in [0.25, 0.3) is 6.08 Å². The fourth-order valence-electron chi connectivity index (χ4n) is 1.54. The van der Waals surface area contributed by atoms with Crippen LogP contribution in [0, 0.1) is 0 Å². The summed E-state index contributed by atoms with van der Waals surface area (Å²) < 4.78 is 10.6. The Labute approximate surface area is 113 Å². The van der Waals surface area contributed by atoms with E-state index in [1.165, 1.54) is 6.08 Å². The first-order chi connectivity index (χ1) is 8.65. The third-order valence-electron chi connectivity index (χ3n) is 2.41. The minimum absolute atomic E-state index is 0.312. The van der Waals surface area contributed by atoms with Gasteiger partial charge in [-0.2, -0.15) is 0 Å². The molecule has 1 atom stereocenters. The van der Waals surface area contributed by atoms with Gasteiger partial charge in [-0.1, -0.05) is 28.1 Å². The minimum atomic E-state index is -0.760. The molecule has 0 amide bonds. The van der Waals surface area contributed by atoms with Gasteiger partial charge in [0.15, 0.2) is 0 Å². The molecule has 0 spiro atoms. The van der Waals surface area contributed by atoms with Crippen molar-refractivity contribution in [3.05, 3.63) is 40.4 Å². The van der Waals surface area contributed by atoms with Crippen molar-refractivity contribution < 1.29 is 19.1 Å². The Kier molecular flexibility index (Phi) is 4.15. The Morgan fingerprint density at radius 2 is 2.33 bits per heavy atom. The molecule has 0 bridgehead atoms. The highest BCUT2D eigenvalue weighted by Gasteiger charge is 2.29. The maximum atomic E-state index is 11.5. The Balaban J connectivity index is 1.93. The molecule has 1 saturated heterocycles. The molecule has 1 aromatic rings. The second kappa shape index (κ2) is 5.82. The van der Waals surface area contributed by atoms with E-state index in [-0.39, 0.29) is 0 Å². The molecule has 1 aromatic carbocycles. The van der Waals surface area contributed by atoms with E-state index in [0.29, 0.717) is 13.0 Å². The standard InChI is InChI=1S/C13H11BrO4/c14-10-3-1-2-9(8-10)4-5-12(15)18-11-6-7-17-13(11)16/h1-5,8,11H,6-7H2/b5-4+/t11-/m0/s1.